The van der Waals surface area contributed by atoms with E-state index in [-0.39, 0.29) is 0 Å². The van der Waals surface area contributed by atoms with Gasteiger partial charge in [0.1, 0.15) is 5.58 Å². The Morgan fingerprint density at radius 3 is 2.31 bits per heavy atom. The number of hydrogen-bond acceptors (Lipinski definition) is 3. The first-order valence-corrected chi connectivity index (χ1v) is 14.1. The van der Waals surface area contributed by atoms with Crippen LogP contribution in [0.25, 0.3) is 55.7 Å². The van der Waals surface area contributed by atoms with Crippen LogP contribution in [-0.2, 0) is 0 Å². The Balaban J connectivity index is 1.27. The Bertz CT molecular complexity index is 1810. The molecule has 0 atom stereocenters. The molecular weight excluding hydrogens is 476 g/mol. The lowest BCUT2D eigenvalue weighted by Crippen LogP contribution is -2.07. The van der Waals surface area contributed by atoms with Crippen LogP contribution >= 0.6 is 0 Å². The van der Waals surface area contributed by atoms with Crippen molar-refractivity contribution in [2.24, 2.45) is 0 Å². The number of aromatic nitrogens is 2. The molecule has 0 aliphatic heterocycles. The van der Waals surface area contributed by atoms with Gasteiger partial charge in [-0.05, 0) is 84.7 Å². The third-order valence-corrected chi connectivity index (χ3v) is 8.45. The van der Waals surface area contributed by atoms with Gasteiger partial charge in [-0.25, -0.2) is 4.98 Å². The summed E-state index contributed by atoms with van der Waals surface area (Å²) in [5.41, 5.74) is 11.9. The van der Waals surface area contributed by atoms with Crippen LogP contribution in [0.2, 0.25) is 0 Å². The molecule has 3 heterocycles. The van der Waals surface area contributed by atoms with Crippen molar-refractivity contribution >= 4 is 22.1 Å². The van der Waals surface area contributed by atoms with E-state index in [4.69, 9.17) is 14.4 Å². The molecule has 0 spiro atoms. The van der Waals surface area contributed by atoms with Gasteiger partial charge in [0.15, 0.2) is 0 Å². The van der Waals surface area contributed by atoms with Crippen LogP contribution in [0, 0.1) is 13.8 Å². The Kier molecular flexibility index (Phi) is 6.00. The maximum atomic E-state index is 6.47. The van der Waals surface area contributed by atoms with Crippen molar-refractivity contribution in [2.45, 2.75) is 51.9 Å². The number of rotatable bonds is 4. The van der Waals surface area contributed by atoms with Gasteiger partial charge in [0, 0.05) is 28.1 Å². The summed E-state index contributed by atoms with van der Waals surface area (Å²) in [6.45, 7) is 4.38. The summed E-state index contributed by atoms with van der Waals surface area (Å²) >= 11 is 0. The molecule has 0 radical (unpaired) electrons. The van der Waals surface area contributed by atoms with Gasteiger partial charge >= 0.3 is 0 Å². The first kappa shape index (κ1) is 23.8. The second kappa shape index (κ2) is 9.81. The number of hydrogen-bond donors (Lipinski definition) is 0. The molecule has 3 aromatic heterocycles. The molecule has 3 aromatic carbocycles. The van der Waals surface area contributed by atoms with Crippen LogP contribution in [0.3, 0.4) is 0 Å². The van der Waals surface area contributed by atoms with E-state index in [1.54, 1.807) is 0 Å². The predicted octanol–water partition coefficient (Wildman–Crippen LogP) is 10.0. The Hall–Kier alpha value is -4.24. The maximum Gasteiger partial charge on any atom is 0.227 e. The largest absolute Gasteiger partial charge is 0.437 e. The number of nitrogens with zero attached hydrogens (tertiary/aromatic N) is 2. The van der Waals surface area contributed by atoms with E-state index >= 15 is 0 Å². The summed E-state index contributed by atoms with van der Waals surface area (Å²) < 4.78 is 6.47. The third-order valence-electron chi connectivity index (χ3n) is 8.45. The quantitative estimate of drug-likeness (QED) is 0.238. The van der Waals surface area contributed by atoms with Gasteiger partial charge in [-0.1, -0.05) is 79.9 Å². The van der Waals surface area contributed by atoms with E-state index in [1.165, 1.54) is 59.9 Å². The van der Waals surface area contributed by atoms with Gasteiger partial charge in [0.2, 0.25) is 5.71 Å². The smallest absolute Gasteiger partial charge is 0.227 e. The van der Waals surface area contributed by atoms with Gasteiger partial charge < -0.3 is 4.42 Å². The first-order valence-electron chi connectivity index (χ1n) is 14.1. The molecule has 0 amide bonds. The van der Waals surface area contributed by atoms with E-state index in [9.17, 15) is 0 Å². The predicted molar refractivity (Wildman–Crippen MR) is 161 cm³/mol. The van der Waals surface area contributed by atoms with E-state index in [2.05, 4.69) is 98.9 Å². The zero-order valence-electron chi connectivity index (χ0n) is 22.6. The molecule has 1 fully saturated rings. The van der Waals surface area contributed by atoms with Crippen molar-refractivity contribution in [2.75, 3.05) is 0 Å². The molecule has 0 N–H and O–H groups in total. The number of furan rings is 1. The van der Waals surface area contributed by atoms with Crippen molar-refractivity contribution < 1.29 is 4.42 Å². The molecule has 3 heteroatoms. The Labute approximate surface area is 229 Å². The molecule has 1 saturated carbocycles. The summed E-state index contributed by atoms with van der Waals surface area (Å²) in [5, 5.41) is 2.11. The van der Waals surface area contributed by atoms with Crippen LogP contribution in [0.5, 0.6) is 0 Å². The topological polar surface area (TPSA) is 38.9 Å². The monoisotopic (exact) mass is 508 g/mol. The van der Waals surface area contributed by atoms with Gasteiger partial charge in [-0.2, -0.15) is 0 Å². The van der Waals surface area contributed by atoms with Gasteiger partial charge in [0.05, 0.1) is 11.4 Å². The van der Waals surface area contributed by atoms with Crippen molar-refractivity contribution in [1.29, 1.82) is 0 Å². The SMILES string of the molecule is Cc1cc(-c2ccccc2)ccc1-c1ccc2c(n1)oc1c(-c3cc(C)c(C4CCCCC4)cn3)cccc12. The fourth-order valence-electron chi connectivity index (χ4n) is 6.35. The molecule has 0 saturated heterocycles. The zero-order chi connectivity index (χ0) is 26.3. The van der Waals surface area contributed by atoms with Crippen molar-refractivity contribution in [3.8, 4) is 33.6 Å². The van der Waals surface area contributed by atoms with E-state index in [0.29, 0.717) is 11.6 Å². The third kappa shape index (κ3) is 4.32. The van der Waals surface area contributed by atoms with E-state index in [0.717, 1.165) is 38.9 Å². The minimum atomic E-state index is 0.648. The lowest BCUT2D eigenvalue weighted by molar-refractivity contribution is 0.441. The van der Waals surface area contributed by atoms with E-state index < -0.39 is 0 Å². The van der Waals surface area contributed by atoms with Crippen molar-refractivity contribution in [3.05, 3.63) is 108 Å². The number of aryl methyl sites for hydroxylation is 2. The van der Waals surface area contributed by atoms with Crippen LogP contribution in [-0.4, -0.2) is 9.97 Å². The number of para-hydroxylation sites is 1. The van der Waals surface area contributed by atoms with Crippen LogP contribution in [0.15, 0.2) is 95.5 Å². The summed E-state index contributed by atoms with van der Waals surface area (Å²) in [4.78, 5) is 9.92. The fraction of sp³-hybridized carbons (Fsp3) is 0.222. The zero-order valence-corrected chi connectivity index (χ0v) is 22.6. The summed E-state index contributed by atoms with van der Waals surface area (Å²) in [7, 11) is 0. The van der Waals surface area contributed by atoms with E-state index in [1.807, 2.05) is 6.07 Å². The number of fused-ring (bicyclic) bond motifs is 3. The lowest BCUT2D eigenvalue weighted by Gasteiger charge is -2.23. The second-order valence-corrected chi connectivity index (χ2v) is 11.0. The molecule has 6 aromatic rings. The average molecular weight is 509 g/mol. The van der Waals surface area contributed by atoms with Crippen molar-refractivity contribution in [3.63, 3.8) is 0 Å². The van der Waals surface area contributed by atoms with Crippen LogP contribution in [0.4, 0.5) is 0 Å². The first-order chi connectivity index (χ1) is 19.2. The molecule has 0 bridgehead atoms. The molecular formula is C36H32N2O. The highest BCUT2D eigenvalue weighted by Crippen LogP contribution is 2.38. The minimum absolute atomic E-state index is 0.648. The number of benzene rings is 3. The summed E-state index contributed by atoms with van der Waals surface area (Å²) in [6, 6.07) is 29.9. The molecule has 7 rings (SSSR count). The molecule has 3 nitrogen and oxygen atoms in total. The maximum absolute atomic E-state index is 6.47. The Morgan fingerprint density at radius 2 is 1.51 bits per heavy atom. The van der Waals surface area contributed by atoms with Gasteiger partial charge in [-0.15, -0.1) is 0 Å². The highest BCUT2D eigenvalue weighted by molar-refractivity contribution is 6.08. The van der Waals surface area contributed by atoms with Crippen LogP contribution in [0.1, 0.15) is 54.7 Å². The van der Waals surface area contributed by atoms with Crippen molar-refractivity contribution in [1.82, 2.24) is 9.97 Å². The summed E-state index contributed by atoms with van der Waals surface area (Å²) in [5.74, 6) is 0.648. The highest BCUT2D eigenvalue weighted by atomic mass is 16.3. The lowest BCUT2D eigenvalue weighted by atomic mass is 9.83. The average Bonchev–Trinajstić information content (AvgIpc) is 3.36. The summed E-state index contributed by atoms with van der Waals surface area (Å²) in [6.07, 6.45) is 8.70. The molecule has 0 unspecified atom stereocenters. The highest BCUT2D eigenvalue weighted by Gasteiger charge is 2.20. The van der Waals surface area contributed by atoms with Gasteiger partial charge in [0.25, 0.3) is 0 Å². The molecule has 1 aliphatic carbocycles. The van der Waals surface area contributed by atoms with Crippen LogP contribution < -0.4 is 0 Å². The van der Waals surface area contributed by atoms with Gasteiger partial charge in [-0.3, -0.25) is 4.98 Å². The molecule has 1 aliphatic rings. The molecule has 39 heavy (non-hydrogen) atoms. The standard InChI is InChI=1S/C36H32N2O/c1-23-20-27(25-10-5-3-6-11-25)16-17-28(23)33-19-18-30-29-14-9-15-31(35(29)39-36(30)38-33)34-21-24(2)32(22-37-34)26-12-7-4-8-13-26/h3,5-6,9-11,14-22,26H,4,7-8,12-13H2,1-2H3. The molecule has 192 valence electrons. The second-order valence-electron chi connectivity index (χ2n) is 11.0. The fourth-order valence-corrected chi connectivity index (χ4v) is 6.35. The normalized spacial score (nSPS) is 14.3. The minimum Gasteiger partial charge on any atom is -0.437 e. The number of pyridine rings is 2. The Morgan fingerprint density at radius 1 is 0.667 bits per heavy atom.